The van der Waals surface area contributed by atoms with Gasteiger partial charge in [0.1, 0.15) is 17.0 Å². The van der Waals surface area contributed by atoms with E-state index >= 15 is 0 Å². The maximum atomic E-state index is 11.7. The third-order valence-corrected chi connectivity index (χ3v) is 4.02. The number of hydrogen-bond donors (Lipinski definition) is 2. The van der Waals surface area contributed by atoms with Crippen LogP contribution in [0.15, 0.2) is 42.0 Å². The van der Waals surface area contributed by atoms with E-state index in [1.54, 1.807) is 17.7 Å². The number of benzene rings is 1. The minimum Gasteiger partial charge on any atom is -0.340 e. The van der Waals surface area contributed by atoms with Gasteiger partial charge in [-0.25, -0.2) is 9.97 Å². The van der Waals surface area contributed by atoms with Gasteiger partial charge in [-0.2, -0.15) is 0 Å². The second-order valence-electron chi connectivity index (χ2n) is 5.21. The number of nitrogens with zero attached hydrogens (tertiary/aromatic N) is 2. The first-order valence-electron chi connectivity index (χ1n) is 6.99. The Hall–Kier alpha value is -2.47. The summed E-state index contributed by atoms with van der Waals surface area (Å²) in [7, 11) is 0. The molecule has 1 aromatic carbocycles. The number of anilines is 3. The molecule has 0 saturated carbocycles. The zero-order valence-corrected chi connectivity index (χ0v) is 13.1. The molecule has 3 rings (SSSR count). The molecule has 1 amide bonds. The van der Waals surface area contributed by atoms with Gasteiger partial charge in [0.2, 0.25) is 5.91 Å². The number of rotatable bonds is 4. The molecule has 0 bridgehead atoms. The van der Waals surface area contributed by atoms with Crippen LogP contribution in [0.25, 0.3) is 10.2 Å². The molecule has 0 saturated heterocycles. The van der Waals surface area contributed by atoms with Gasteiger partial charge >= 0.3 is 0 Å². The molecule has 0 unspecified atom stereocenters. The van der Waals surface area contributed by atoms with Gasteiger partial charge in [0, 0.05) is 17.3 Å². The summed E-state index contributed by atoms with van der Waals surface area (Å²) in [6.45, 7) is 3.74. The van der Waals surface area contributed by atoms with Crippen molar-refractivity contribution in [3.05, 3.63) is 42.0 Å². The third kappa shape index (κ3) is 3.07. The van der Waals surface area contributed by atoms with E-state index in [9.17, 15) is 4.79 Å². The summed E-state index contributed by atoms with van der Waals surface area (Å²) in [5.41, 5.74) is 1.70. The summed E-state index contributed by atoms with van der Waals surface area (Å²) in [4.78, 5) is 21.1. The van der Waals surface area contributed by atoms with Crippen LogP contribution in [-0.4, -0.2) is 15.9 Å². The van der Waals surface area contributed by atoms with Crippen LogP contribution in [0.4, 0.5) is 17.2 Å². The van der Waals surface area contributed by atoms with E-state index in [4.69, 9.17) is 0 Å². The minimum absolute atomic E-state index is 0.0106. The molecule has 3 aromatic rings. The molecule has 0 atom stereocenters. The van der Waals surface area contributed by atoms with Crippen LogP contribution in [0.2, 0.25) is 0 Å². The van der Waals surface area contributed by atoms with Gasteiger partial charge in [-0.3, -0.25) is 4.79 Å². The summed E-state index contributed by atoms with van der Waals surface area (Å²) in [5, 5.41) is 9.15. The Bertz CT molecular complexity index is 795. The number of thiophene rings is 1. The Kier molecular flexibility index (Phi) is 4.02. The van der Waals surface area contributed by atoms with Crippen LogP contribution in [0.5, 0.6) is 0 Å². The lowest BCUT2D eigenvalue weighted by atomic mass is 10.2. The standard InChI is InChI=1S/C16H16N4OS/c1-10(2)15(21)20-12-5-3-11(4-6-12)19-14-13-7-8-22-16(13)18-9-17-14/h3-10H,1-2H3,(H,20,21)(H,17,18,19). The second-order valence-corrected chi connectivity index (χ2v) is 6.10. The number of amides is 1. The van der Waals surface area contributed by atoms with Crippen LogP contribution >= 0.6 is 11.3 Å². The molecule has 2 N–H and O–H groups in total. The number of aromatic nitrogens is 2. The topological polar surface area (TPSA) is 66.9 Å². The van der Waals surface area contributed by atoms with Gasteiger partial charge in [0.15, 0.2) is 0 Å². The fraction of sp³-hybridized carbons (Fsp3) is 0.188. The molecule has 0 fully saturated rings. The lowest BCUT2D eigenvalue weighted by Gasteiger charge is -2.10. The molecule has 2 heterocycles. The number of nitrogens with one attached hydrogen (secondary N) is 2. The van der Waals surface area contributed by atoms with Crippen molar-refractivity contribution in [2.75, 3.05) is 10.6 Å². The van der Waals surface area contributed by atoms with Gasteiger partial charge in [-0.05, 0) is 35.7 Å². The molecular weight excluding hydrogens is 296 g/mol. The Morgan fingerprint density at radius 1 is 1.09 bits per heavy atom. The Morgan fingerprint density at radius 3 is 2.55 bits per heavy atom. The largest absolute Gasteiger partial charge is 0.340 e. The molecule has 0 aliphatic rings. The van der Waals surface area contributed by atoms with Crippen molar-refractivity contribution in [2.45, 2.75) is 13.8 Å². The van der Waals surface area contributed by atoms with E-state index in [2.05, 4.69) is 20.6 Å². The Labute approximate surface area is 132 Å². The van der Waals surface area contributed by atoms with E-state index in [0.717, 1.165) is 27.4 Å². The zero-order chi connectivity index (χ0) is 15.5. The van der Waals surface area contributed by atoms with E-state index < -0.39 is 0 Å². The zero-order valence-electron chi connectivity index (χ0n) is 12.3. The fourth-order valence-corrected chi connectivity index (χ4v) is 2.68. The van der Waals surface area contributed by atoms with Crippen molar-refractivity contribution in [3.63, 3.8) is 0 Å². The molecule has 5 nitrogen and oxygen atoms in total. The summed E-state index contributed by atoms with van der Waals surface area (Å²) in [6, 6.07) is 9.56. The molecule has 0 aliphatic carbocycles. The third-order valence-electron chi connectivity index (χ3n) is 3.20. The van der Waals surface area contributed by atoms with Crippen molar-refractivity contribution in [1.29, 1.82) is 0 Å². The number of carbonyl (C=O) groups excluding carboxylic acids is 1. The van der Waals surface area contributed by atoms with Crippen LogP contribution in [0.1, 0.15) is 13.8 Å². The van der Waals surface area contributed by atoms with Gasteiger partial charge in [0.05, 0.1) is 5.39 Å². The quantitative estimate of drug-likeness (QED) is 0.763. The normalized spacial score (nSPS) is 10.9. The average molecular weight is 312 g/mol. The minimum atomic E-state index is -0.0364. The smallest absolute Gasteiger partial charge is 0.226 e. The highest BCUT2D eigenvalue weighted by Crippen LogP contribution is 2.26. The highest BCUT2D eigenvalue weighted by molar-refractivity contribution is 7.16. The van der Waals surface area contributed by atoms with Crippen LogP contribution in [0, 0.1) is 5.92 Å². The van der Waals surface area contributed by atoms with Gasteiger partial charge in [0.25, 0.3) is 0 Å². The monoisotopic (exact) mass is 312 g/mol. The van der Waals surface area contributed by atoms with Crippen LogP contribution < -0.4 is 10.6 Å². The van der Waals surface area contributed by atoms with E-state index in [-0.39, 0.29) is 11.8 Å². The summed E-state index contributed by atoms with van der Waals surface area (Å²) in [6.07, 6.45) is 1.55. The molecular formula is C16H16N4OS. The molecule has 0 aliphatic heterocycles. The molecule has 0 spiro atoms. The molecule has 2 aromatic heterocycles. The SMILES string of the molecule is CC(C)C(=O)Nc1ccc(Nc2ncnc3sccc23)cc1. The summed E-state index contributed by atoms with van der Waals surface area (Å²) in [5.74, 6) is 0.757. The van der Waals surface area contributed by atoms with Crippen molar-refractivity contribution in [2.24, 2.45) is 5.92 Å². The van der Waals surface area contributed by atoms with E-state index in [1.807, 2.05) is 49.6 Å². The molecule has 6 heteroatoms. The summed E-state index contributed by atoms with van der Waals surface area (Å²) < 4.78 is 0. The number of hydrogen-bond acceptors (Lipinski definition) is 5. The predicted molar refractivity (Wildman–Crippen MR) is 90.6 cm³/mol. The summed E-state index contributed by atoms with van der Waals surface area (Å²) >= 11 is 1.59. The first-order valence-corrected chi connectivity index (χ1v) is 7.87. The van der Waals surface area contributed by atoms with Crippen molar-refractivity contribution in [3.8, 4) is 0 Å². The van der Waals surface area contributed by atoms with Gasteiger partial charge < -0.3 is 10.6 Å². The van der Waals surface area contributed by atoms with Crippen LogP contribution in [0.3, 0.4) is 0 Å². The first-order chi connectivity index (χ1) is 10.6. The number of fused-ring (bicyclic) bond motifs is 1. The Morgan fingerprint density at radius 2 is 1.82 bits per heavy atom. The van der Waals surface area contributed by atoms with Gasteiger partial charge in [-0.1, -0.05) is 13.8 Å². The highest BCUT2D eigenvalue weighted by atomic mass is 32.1. The Balaban J connectivity index is 1.76. The highest BCUT2D eigenvalue weighted by Gasteiger charge is 2.08. The van der Waals surface area contributed by atoms with Crippen molar-refractivity contribution < 1.29 is 4.79 Å². The van der Waals surface area contributed by atoms with E-state index in [0.29, 0.717) is 0 Å². The van der Waals surface area contributed by atoms with E-state index in [1.165, 1.54) is 0 Å². The predicted octanol–water partition coefficient (Wildman–Crippen LogP) is 4.03. The first kappa shape index (κ1) is 14.5. The fourth-order valence-electron chi connectivity index (χ4n) is 1.95. The van der Waals surface area contributed by atoms with Crippen LogP contribution in [-0.2, 0) is 4.79 Å². The molecule has 22 heavy (non-hydrogen) atoms. The lowest BCUT2D eigenvalue weighted by molar-refractivity contribution is -0.118. The molecule has 0 radical (unpaired) electrons. The second kappa shape index (κ2) is 6.11. The lowest BCUT2D eigenvalue weighted by Crippen LogP contribution is -2.17. The average Bonchev–Trinajstić information content (AvgIpc) is 2.98. The maximum Gasteiger partial charge on any atom is 0.226 e. The maximum absolute atomic E-state index is 11.7. The van der Waals surface area contributed by atoms with Gasteiger partial charge in [-0.15, -0.1) is 11.3 Å². The molecule has 112 valence electrons. The number of carbonyl (C=O) groups is 1. The van der Waals surface area contributed by atoms with Crippen molar-refractivity contribution in [1.82, 2.24) is 9.97 Å². The van der Waals surface area contributed by atoms with Crippen molar-refractivity contribution >= 4 is 44.7 Å².